The van der Waals surface area contributed by atoms with E-state index in [1.165, 1.54) is 18.7 Å². The highest BCUT2D eigenvalue weighted by molar-refractivity contribution is 8.00. The molecule has 1 unspecified atom stereocenters. The molecule has 0 saturated carbocycles. The predicted molar refractivity (Wildman–Crippen MR) is 104 cm³/mol. The van der Waals surface area contributed by atoms with Crippen molar-refractivity contribution in [1.29, 1.82) is 0 Å². The van der Waals surface area contributed by atoms with Crippen LogP contribution < -0.4 is 5.32 Å². The number of benzene rings is 1. The molecule has 8 heteroatoms. The second-order valence-corrected chi connectivity index (χ2v) is 7.45. The van der Waals surface area contributed by atoms with Crippen LogP contribution in [-0.4, -0.2) is 31.7 Å². The molecule has 3 rings (SSSR count). The minimum atomic E-state index is -0.396. The number of nitrogens with one attached hydrogen (secondary N) is 1. The SMILES string of the molecule is CC(=O)c1cccc(NC(=O)C(C)Sc2nnc(-c3ccoc3C)n2C)c1. The van der Waals surface area contributed by atoms with E-state index in [0.717, 1.165) is 11.3 Å². The first-order chi connectivity index (χ1) is 12.9. The molecule has 0 aliphatic heterocycles. The lowest BCUT2D eigenvalue weighted by molar-refractivity contribution is -0.115. The van der Waals surface area contributed by atoms with Crippen molar-refractivity contribution in [3.63, 3.8) is 0 Å². The first kappa shape index (κ1) is 18.9. The molecule has 0 fully saturated rings. The van der Waals surface area contributed by atoms with Gasteiger partial charge in [-0.2, -0.15) is 0 Å². The Morgan fingerprint density at radius 2 is 2.04 bits per heavy atom. The van der Waals surface area contributed by atoms with Gasteiger partial charge in [0.15, 0.2) is 16.8 Å². The van der Waals surface area contributed by atoms with Gasteiger partial charge in [0.2, 0.25) is 5.91 Å². The average molecular weight is 384 g/mol. The van der Waals surface area contributed by atoms with Gasteiger partial charge in [-0.3, -0.25) is 9.59 Å². The molecule has 0 spiro atoms. The van der Waals surface area contributed by atoms with E-state index in [1.807, 2.05) is 24.6 Å². The quantitative estimate of drug-likeness (QED) is 0.515. The second kappa shape index (κ2) is 7.79. The summed E-state index contributed by atoms with van der Waals surface area (Å²) in [4.78, 5) is 24.0. The summed E-state index contributed by atoms with van der Waals surface area (Å²) in [6.07, 6.45) is 1.61. The van der Waals surface area contributed by atoms with Crippen LogP contribution in [0.25, 0.3) is 11.4 Å². The molecule has 140 valence electrons. The highest BCUT2D eigenvalue weighted by Crippen LogP contribution is 2.28. The number of anilines is 1. The monoisotopic (exact) mass is 384 g/mol. The summed E-state index contributed by atoms with van der Waals surface area (Å²) in [6, 6.07) is 8.72. The molecule has 1 N–H and O–H groups in total. The van der Waals surface area contributed by atoms with Crippen molar-refractivity contribution < 1.29 is 14.0 Å². The van der Waals surface area contributed by atoms with Crippen molar-refractivity contribution in [2.24, 2.45) is 7.05 Å². The maximum Gasteiger partial charge on any atom is 0.237 e. The summed E-state index contributed by atoms with van der Waals surface area (Å²) < 4.78 is 7.16. The van der Waals surface area contributed by atoms with Crippen molar-refractivity contribution >= 4 is 29.1 Å². The van der Waals surface area contributed by atoms with Crippen molar-refractivity contribution in [2.45, 2.75) is 31.2 Å². The Bertz CT molecular complexity index is 993. The molecule has 1 aromatic carbocycles. The zero-order valence-electron chi connectivity index (χ0n) is 15.5. The molecule has 1 atom stereocenters. The lowest BCUT2D eigenvalue weighted by Gasteiger charge is -2.12. The van der Waals surface area contributed by atoms with Crippen LogP contribution in [0.15, 0.2) is 46.2 Å². The molecule has 27 heavy (non-hydrogen) atoms. The van der Waals surface area contributed by atoms with E-state index in [9.17, 15) is 9.59 Å². The highest BCUT2D eigenvalue weighted by Gasteiger charge is 2.20. The van der Waals surface area contributed by atoms with Gasteiger partial charge in [0.25, 0.3) is 0 Å². The van der Waals surface area contributed by atoms with Crippen molar-refractivity contribution in [3.05, 3.63) is 47.9 Å². The number of rotatable bonds is 6. The molecular weight excluding hydrogens is 364 g/mol. The molecule has 0 aliphatic rings. The normalized spacial score (nSPS) is 12.0. The smallest absolute Gasteiger partial charge is 0.237 e. The maximum absolute atomic E-state index is 12.5. The fraction of sp³-hybridized carbons (Fsp3) is 0.263. The Hall–Kier alpha value is -2.87. The number of Topliss-reactive ketones (excluding diaryl/α,β-unsaturated/α-hetero) is 1. The first-order valence-electron chi connectivity index (χ1n) is 8.39. The standard InChI is InChI=1S/C19H20N4O3S/c1-11(24)14-6-5-7-15(10-14)20-18(25)13(3)27-19-22-21-17(23(19)4)16-8-9-26-12(16)2/h5-10,13H,1-4H3,(H,20,25). The van der Waals surface area contributed by atoms with Crippen LogP contribution >= 0.6 is 11.8 Å². The maximum atomic E-state index is 12.5. The summed E-state index contributed by atoms with van der Waals surface area (Å²) in [5.41, 5.74) is 2.02. The number of hydrogen-bond acceptors (Lipinski definition) is 6. The molecule has 0 radical (unpaired) electrons. The number of thioether (sulfide) groups is 1. The van der Waals surface area contributed by atoms with E-state index in [-0.39, 0.29) is 11.7 Å². The van der Waals surface area contributed by atoms with Crippen LogP contribution in [0.3, 0.4) is 0 Å². The van der Waals surface area contributed by atoms with Crippen LogP contribution in [0, 0.1) is 6.92 Å². The van der Waals surface area contributed by atoms with E-state index >= 15 is 0 Å². The zero-order chi connectivity index (χ0) is 19.6. The average Bonchev–Trinajstić information content (AvgIpc) is 3.21. The molecule has 0 bridgehead atoms. The number of aryl methyl sites for hydroxylation is 1. The summed E-state index contributed by atoms with van der Waals surface area (Å²) in [7, 11) is 1.85. The van der Waals surface area contributed by atoms with Gasteiger partial charge in [-0.15, -0.1) is 10.2 Å². The molecular formula is C19H20N4O3S. The van der Waals surface area contributed by atoms with E-state index in [1.54, 1.807) is 37.5 Å². The van der Waals surface area contributed by atoms with Crippen LogP contribution in [0.4, 0.5) is 5.69 Å². The second-order valence-electron chi connectivity index (χ2n) is 6.14. The molecule has 0 saturated heterocycles. The van der Waals surface area contributed by atoms with Gasteiger partial charge in [0.1, 0.15) is 5.76 Å². The minimum Gasteiger partial charge on any atom is -0.469 e. The van der Waals surface area contributed by atoms with Crippen molar-refractivity contribution in [3.8, 4) is 11.4 Å². The number of aromatic nitrogens is 3. The fourth-order valence-corrected chi connectivity index (χ4v) is 3.36. The third-order valence-electron chi connectivity index (χ3n) is 4.12. The summed E-state index contributed by atoms with van der Waals surface area (Å²) in [6.45, 7) is 5.15. The Morgan fingerprint density at radius 1 is 1.26 bits per heavy atom. The van der Waals surface area contributed by atoms with Crippen molar-refractivity contribution in [2.75, 3.05) is 5.32 Å². The van der Waals surface area contributed by atoms with Gasteiger partial charge in [-0.25, -0.2) is 0 Å². The number of carbonyl (C=O) groups excluding carboxylic acids is 2. The summed E-state index contributed by atoms with van der Waals surface area (Å²) >= 11 is 1.31. The van der Waals surface area contributed by atoms with Crippen LogP contribution in [-0.2, 0) is 11.8 Å². The van der Waals surface area contributed by atoms with E-state index in [4.69, 9.17) is 4.42 Å². The van der Waals surface area contributed by atoms with Gasteiger partial charge in [0, 0.05) is 18.3 Å². The number of nitrogens with zero attached hydrogens (tertiary/aromatic N) is 3. The van der Waals surface area contributed by atoms with E-state index < -0.39 is 5.25 Å². The Labute approximate surface area is 161 Å². The zero-order valence-corrected chi connectivity index (χ0v) is 16.3. The summed E-state index contributed by atoms with van der Waals surface area (Å²) in [5, 5.41) is 11.5. The Morgan fingerprint density at radius 3 is 2.70 bits per heavy atom. The summed E-state index contributed by atoms with van der Waals surface area (Å²) in [5.74, 6) is 1.23. The third-order valence-corrected chi connectivity index (χ3v) is 5.26. The van der Waals surface area contributed by atoms with Gasteiger partial charge in [-0.05, 0) is 39.0 Å². The predicted octanol–water partition coefficient (Wildman–Crippen LogP) is 3.71. The molecule has 0 aliphatic carbocycles. The highest BCUT2D eigenvalue weighted by atomic mass is 32.2. The lowest BCUT2D eigenvalue weighted by atomic mass is 10.1. The number of ketones is 1. The van der Waals surface area contributed by atoms with Crippen LogP contribution in [0.1, 0.15) is 30.0 Å². The van der Waals surface area contributed by atoms with Crippen molar-refractivity contribution in [1.82, 2.24) is 14.8 Å². The molecule has 7 nitrogen and oxygen atoms in total. The molecule has 2 aromatic heterocycles. The molecule has 1 amide bonds. The number of amides is 1. The minimum absolute atomic E-state index is 0.0466. The van der Waals surface area contributed by atoms with Gasteiger partial charge in [0.05, 0.1) is 17.1 Å². The number of furan rings is 1. The Balaban J connectivity index is 1.70. The van der Waals surface area contributed by atoms with Crippen LogP contribution in [0.5, 0.6) is 0 Å². The van der Waals surface area contributed by atoms with E-state index in [0.29, 0.717) is 22.2 Å². The first-order valence-corrected chi connectivity index (χ1v) is 9.27. The number of carbonyl (C=O) groups is 2. The molecule has 3 aromatic rings. The fourth-order valence-electron chi connectivity index (χ4n) is 2.54. The Kier molecular flexibility index (Phi) is 5.46. The van der Waals surface area contributed by atoms with Gasteiger partial charge >= 0.3 is 0 Å². The third kappa shape index (κ3) is 4.11. The molecule has 2 heterocycles. The lowest BCUT2D eigenvalue weighted by Crippen LogP contribution is -2.23. The van der Waals surface area contributed by atoms with E-state index in [2.05, 4.69) is 15.5 Å². The van der Waals surface area contributed by atoms with Gasteiger partial charge < -0.3 is 14.3 Å². The van der Waals surface area contributed by atoms with Gasteiger partial charge in [-0.1, -0.05) is 23.9 Å². The largest absolute Gasteiger partial charge is 0.469 e. The topological polar surface area (TPSA) is 90.0 Å². The number of hydrogen-bond donors (Lipinski definition) is 1. The van der Waals surface area contributed by atoms with Crippen LogP contribution in [0.2, 0.25) is 0 Å².